The van der Waals surface area contributed by atoms with Gasteiger partial charge in [-0.3, -0.25) is 4.79 Å². The molecule has 0 saturated carbocycles. The number of benzene rings is 1. The second-order valence-corrected chi connectivity index (χ2v) is 8.20. The Kier molecular flexibility index (Phi) is 8.61. The first-order valence-corrected chi connectivity index (χ1v) is 10.6. The van der Waals surface area contributed by atoms with Crippen LogP contribution in [-0.2, 0) is 9.47 Å². The van der Waals surface area contributed by atoms with Gasteiger partial charge in [0.1, 0.15) is 42.4 Å². The van der Waals surface area contributed by atoms with E-state index in [1.165, 1.54) is 19.2 Å². The maximum atomic E-state index is 11.9. The molecule has 2 aliphatic heterocycles. The lowest BCUT2D eigenvalue weighted by Gasteiger charge is -2.46. The lowest BCUT2D eigenvalue weighted by atomic mass is 9.81. The van der Waals surface area contributed by atoms with E-state index in [0.717, 1.165) is 0 Å². The average molecular weight is 473 g/mol. The molecule has 2 aliphatic rings. The minimum absolute atomic E-state index is 0.194. The number of ether oxygens (including phenoxy) is 3. The van der Waals surface area contributed by atoms with Gasteiger partial charge in [0, 0.05) is 18.5 Å². The fourth-order valence-corrected chi connectivity index (χ4v) is 4.17. The number of aliphatic hydroxyl groups excluding tert-OH is 7. The maximum Gasteiger partial charge on any atom is 0.251 e. The number of amides is 1. The molecule has 1 aromatic carbocycles. The van der Waals surface area contributed by atoms with Gasteiger partial charge in [0.2, 0.25) is 6.29 Å². The van der Waals surface area contributed by atoms with Gasteiger partial charge in [-0.1, -0.05) is 6.07 Å². The lowest BCUT2D eigenvalue weighted by molar-refractivity contribution is -0.278. The van der Waals surface area contributed by atoms with E-state index in [1.807, 2.05) is 0 Å². The van der Waals surface area contributed by atoms with Crippen molar-refractivity contribution in [2.75, 3.05) is 20.3 Å². The molecule has 12 heteroatoms. The molecule has 3 rings (SSSR count). The molecule has 2 saturated heterocycles. The van der Waals surface area contributed by atoms with Crippen LogP contribution in [0.25, 0.3) is 0 Å². The molecule has 0 aliphatic carbocycles. The molecule has 0 spiro atoms. The molecule has 0 bridgehead atoms. The zero-order chi connectivity index (χ0) is 24.3. The molecular weight excluding hydrogens is 442 g/mol. The number of rotatable bonds is 7. The fourth-order valence-electron chi connectivity index (χ4n) is 4.17. The lowest BCUT2D eigenvalue weighted by Crippen LogP contribution is -2.62. The highest BCUT2D eigenvalue weighted by atomic mass is 16.7. The van der Waals surface area contributed by atoms with Crippen LogP contribution in [0.15, 0.2) is 24.3 Å². The quantitative estimate of drug-likeness (QED) is 0.197. The summed E-state index contributed by atoms with van der Waals surface area (Å²) in [6.45, 7) is -1.22. The molecule has 0 radical (unpaired) electrons. The van der Waals surface area contributed by atoms with Crippen LogP contribution in [0.4, 0.5) is 0 Å². The molecule has 33 heavy (non-hydrogen) atoms. The summed E-state index contributed by atoms with van der Waals surface area (Å²) in [6.07, 6.45) is -12.5. The summed E-state index contributed by atoms with van der Waals surface area (Å²) in [5.74, 6) is -1.20. The molecule has 8 N–H and O–H groups in total. The molecule has 2 fully saturated rings. The second-order valence-electron chi connectivity index (χ2n) is 8.20. The number of nitrogens with one attached hydrogen (secondary N) is 1. The van der Waals surface area contributed by atoms with Crippen molar-refractivity contribution in [1.82, 2.24) is 5.32 Å². The Morgan fingerprint density at radius 2 is 1.55 bits per heavy atom. The van der Waals surface area contributed by atoms with Gasteiger partial charge in [0.25, 0.3) is 5.91 Å². The smallest absolute Gasteiger partial charge is 0.251 e. The summed E-state index contributed by atoms with van der Waals surface area (Å²) < 4.78 is 16.7. The van der Waals surface area contributed by atoms with Gasteiger partial charge in [-0.25, -0.2) is 0 Å². The minimum Gasteiger partial charge on any atom is -0.462 e. The zero-order valence-corrected chi connectivity index (χ0v) is 18.0. The van der Waals surface area contributed by atoms with E-state index in [0.29, 0.717) is 5.56 Å². The highest BCUT2D eigenvalue weighted by molar-refractivity contribution is 5.94. The van der Waals surface area contributed by atoms with Crippen LogP contribution in [0.5, 0.6) is 5.75 Å². The standard InChI is InChI=1S/C21H31NO11/c1-22-20(30)9-3-2-4-10(5-9)31-21-16(26)11(15(25)13(7-23)33-21)6-12-17(27)19(29)18(28)14(8-24)32-12/h2-5,11-19,21,23-29H,6-8H2,1H3,(H,22,30). The van der Waals surface area contributed by atoms with Crippen LogP contribution in [0.2, 0.25) is 0 Å². The third-order valence-electron chi connectivity index (χ3n) is 6.10. The SMILES string of the molecule is CNC(=O)c1cccc(OC2OC(CO)C(O)C(CC3OC(CO)C(O)C(O)C3O)C2O)c1. The summed E-state index contributed by atoms with van der Waals surface area (Å²) in [5, 5.41) is 73.3. The van der Waals surface area contributed by atoms with E-state index in [9.17, 15) is 40.5 Å². The third kappa shape index (κ3) is 5.45. The molecule has 2 heterocycles. The first-order valence-electron chi connectivity index (χ1n) is 10.6. The largest absolute Gasteiger partial charge is 0.462 e. The summed E-state index contributed by atoms with van der Waals surface area (Å²) in [6, 6.07) is 6.10. The Hall–Kier alpha value is -1.87. The van der Waals surface area contributed by atoms with Crippen molar-refractivity contribution in [3.63, 3.8) is 0 Å². The summed E-state index contributed by atoms with van der Waals surface area (Å²) >= 11 is 0. The van der Waals surface area contributed by atoms with Gasteiger partial charge in [-0.15, -0.1) is 0 Å². The number of carbonyl (C=O) groups is 1. The molecule has 1 aromatic rings. The Bertz CT molecular complexity index is 793. The molecule has 10 unspecified atom stereocenters. The third-order valence-corrected chi connectivity index (χ3v) is 6.10. The predicted molar refractivity (Wildman–Crippen MR) is 110 cm³/mol. The van der Waals surface area contributed by atoms with Crippen LogP contribution < -0.4 is 10.1 Å². The molecule has 186 valence electrons. The number of hydrogen-bond donors (Lipinski definition) is 8. The fraction of sp³-hybridized carbons (Fsp3) is 0.667. The first-order chi connectivity index (χ1) is 15.7. The van der Waals surface area contributed by atoms with Crippen LogP contribution in [0, 0.1) is 5.92 Å². The van der Waals surface area contributed by atoms with Crippen LogP contribution in [-0.4, -0.2) is 117 Å². The summed E-state index contributed by atoms with van der Waals surface area (Å²) in [4.78, 5) is 11.9. The molecule has 12 nitrogen and oxygen atoms in total. The van der Waals surface area contributed by atoms with E-state index in [2.05, 4.69) is 5.32 Å². The van der Waals surface area contributed by atoms with Crippen molar-refractivity contribution in [1.29, 1.82) is 0 Å². The minimum atomic E-state index is -1.61. The summed E-state index contributed by atoms with van der Waals surface area (Å²) in [7, 11) is 1.47. The number of hydrogen-bond acceptors (Lipinski definition) is 11. The van der Waals surface area contributed by atoms with Gasteiger partial charge in [0.15, 0.2) is 0 Å². The van der Waals surface area contributed by atoms with E-state index >= 15 is 0 Å². The average Bonchev–Trinajstić information content (AvgIpc) is 2.83. The monoisotopic (exact) mass is 473 g/mol. The topological polar surface area (TPSA) is 198 Å². The van der Waals surface area contributed by atoms with E-state index in [1.54, 1.807) is 12.1 Å². The van der Waals surface area contributed by atoms with Crippen molar-refractivity contribution < 1.29 is 54.8 Å². The van der Waals surface area contributed by atoms with Crippen molar-refractivity contribution in [3.8, 4) is 5.75 Å². The molecular formula is C21H31NO11. The van der Waals surface area contributed by atoms with Gasteiger partial charge in [-0.05, 0) is 24.6 Å². The molecule has 1 amide bonds. The Balaban J connectivity index is 1.78. The zero-order valence-electron chi connectivity index (χ0n) is 18.0. The van der Waals surface area contributed by atoms with E-state index in [-0.39, 0.29) is 18.1 Å². The maximum absolute atomic E-state index is 11.9. The van der Waals surface area contributed by atoms with Gasteiger partial charge >= 0.3 is 0 Å². The summed E-state index contributed by atoms with van der Waals surface area (Å²) in [5.41, 5.74) is 0.303. The van der Waals surface area contributed by atoms with Gasteiger partial charge in [-0.2, -0.15) is 0 Å². The number of aliphatic hydroxyl groups is 7. The highest BCUT2D eigenvalue weighted by Gasteiger charge is 2.50. The van der Waals surface area contributed by atoms with Crippen molar-refractivity contribution >= 4 is 5.91 Å². The van der Waals surface area contributed by atoms with E-state index in [4.69, 9.17) is 14.2 Å². The highest BCUT2D eigenvalue weighted by Crippen LogP contribution is 2.34. The Morgan fingerprint density at radius 1 is 0.909 bits per heavy atom. The van der Waals surface area contributed by atoms with Crippen molar-refractivity contribution in [3.05, 3.63) is 29.8 Å². The van der Waals surface area contributed by atoms with Crippen LogP contribution >= 0.6 is 0 Å². The van der Waals surface area contributed by atoms with Gasteiger partial charge < -0.3 is 55.3 Å². The van der Waals surface area contributed by atoms with Gasteiger partial charge in [0.05, 0.1) is 25.4 Å². The van der Waals surface area contributed by atoms with Crippen molar-refractivity contribution in [2.24, 2.45) is 5.92 Å². The second kappa shape index (κ2) is 11.0. The molecule has 10 atom stereocenters. The Morgan fingerprint density at radius 3 is 2.18 bits per heavy atom. The first kappa shape index (κ1) is 25.7. The van der Waals surface area contributed by atoms with Crippen LogP contribution in [0.1, 0.15) is 16.8 Å². The van der Waals surface area contributed by atoms with Crippen LogP contribution in [0.3, 0.4) is 0 Å². The Labute approximate surface area is 190 Å². The van der Waals surface area contributed by atoms with E-state index < -0.39 is 74.3 Å². The van der Waals surface area contributed by atoms with Crippen molar-refractivity contribution in [2.45, 2.75) is 61.5 Å². The normalized spacial score (nSPS) is 39.2. The predicted octanol–water partition coefficient (Wildman–Crippen LogP) is -3.29. The number of carbonyl (C=O) groups excluding carboxylic acids is 1. The molecule has 0 aromatic heterocycles.